The minimum Gasteiger partial charge on any atom is -0.366 e. The van der Waals surface area contributed by atoms with E-state index in [-0.39, 0.29) is 0 Å². The van der Waals surface area contributed by atoms with E-state index in [4.69, 9.17) is 0 Å². The SMILES string of the molecule is C1=CN(CCN2C=CSC2)CS1. The molecule has 0 bridgehead atoms. The highest BCUT2D eigenvalue weighted by Gasteiger charge is 2.08. The lowest BCUT2D eigenvalue weighted by Gasteiger charge is -2.19. The second-order valence-electron chi connectivity index (χ2n) is 2.79. The molecule has 4 heteroatoms. The number of rotatable bonds is 3. The van der Waals surface area contributed by atoms with Gasteiger partial charge in [-0.2, -0.15) is 0 Å². The molecule has 0 N–H and O–H groups in total. The van der Waals surface area contributed by atoms with Crippen molar-refractivity contribution >= 4 is 23.5 Å². The summed E-state index contributed by atoms with van der Waals surface area (Å²) >= 11 is 3.74. The van der Waals surface area contributed by atoms with Gasteiger partial charge in [0.2, 0.25) is 0 Å². The average Bonchev–Trinajstić information content (AvgIpc) is 2.74. The van der Waals surface area contributed by atoms with E-state index in [0.717, 1.165) is 24.8 Å². The van der Waals surface area contributed by atoms with E-state index in [1.165, 1.54) is 0 Å². The maximum Gasteiger partial charge on any atom is 0.0675 e. The monoisotopic (exact) mass is 200 g/mol. The van der Waals surface area contributed by atoms with Crippen LogP contribution in [0.25, 0.3) is 0 Å². The Morgan fingerprint density at radius 3 is 1.75 bits per heavy atom. The van der Waals surface area contributed by atoms with Gasteiger partial charge in [-0.25, -0.2) is 0 Å². The first-order valence-corrected chi connectivity index (χ1v) is 6.09. The van der Waals surface area contributed by atoms with Crippen LogP contribution < -0.4 is 0 Å². The summed E-state index contributed by atoms with van der Waals surface area (Å²) < 4.78 is 0. The number of nitrogens with zero attached hydrogens (tertiary/aromatic N) is 2. The second-order valence-corrected chi connectivity index (χ2v) is 4.51. The van der Waals surface area contributed by atoms with Gasteiger partial charge < -0.3 is 9.80 Å². The summed E-state index contributed by atoms with van der Waals surface area (Å²) in [5.41, 5.74) is 0. The van der Waals surface area contributed by atoms with Gasteiger partial charge in [0.1, 0.15) is 0 Å². The first kappa shape index (κ1) is 8.38. The number of hydrogen-bond acceptors (Lipinski definition) is 4. The van der Waals surface area contributed by atoms with E-state index >= 15 is 0 Å². The van der Waals surface area contributed by atoms with E-state index in [2.05, 4.69) is 33.0 Å². The Bertz CT molecular complexity index is 181. The molecular weight excluding hydrogens is 188 g/mol. The molecule has 2 aliphatic rings. The average molecular weight is 200 g/mol. The molecule has 0 amide bonds. The highest BCUT2D eigenvalue weighted by molar-refractivity contribution is 8.02. The summed E-state index contributed by atoms with van der Waals surface area (Å²) in [5.74, 6) is 2.26. The van der Waals surface area contributed by atoms with Crippen molar-refractivity contribution in [3.05, 3.63) is 23.2 Å². The lowest BCUT2D eigenvalue weighted by Crippen LogP contribution is -2.26. The van der Waals surface area contributed by atoms with Crippen LogP contribution in [-0.2, 0) is 0 Å². The van der Waals surface area contributed by atoms with Gasteiger partial charge in [0.25, 0.3) is 0 Å². The molecule has 0 aliphatic carbocycles. The van der Waals surface area contributed by atoms with Crippen LogP contribution in [-0.4, -0.2) is 34.6 Å². The fourth-order valence-corrected chi connectivity index (χ4v) is 2.66. The maximum atomic E-state index is 2.35. The van der Waals surface area contributed by atoms with Crippen molar-refractivity contribution < 1.29 is 0 Å². The van der Waals surface area contributed by atoms with Crippen molar-refractivity contribution in [3.8, 4) is 0 Å². The molecule has 2 nitrogen and oxygen atoms in total. The predicted octanol–water partition coefficient (Wildman–Crippen LogP) is 1.94. The third kappa shape index (κ3) is 2.14. The number of thioether (sulfide) groups is 2. The second kappa shape index (κ2) is 4.14. The largest absolute Gasteiger partial charge is 0.366 e. The predicted molar refractivity (Wildman–Crippen MR) is 56.6 cm³/mol. The Balaban J connectivity index is 1.67. The van der Waals surface area contributed by atoms with E-state index in [0.29, 0.717) is 0 Å². The zero-order chi connectivity index (χ0) is 8.23. The van der Waals surface area contributed by atoms with Crippen LogP contribution in [0.5, 0.6) is 0 Å². The van der Waals surface area contributed by atoms with E-state index < -0.39 is 0 Å². The normalized spacial score (nSPS) is 21.3. The van der Waals surface area contributed by atoms with Crippen LogP contribution in [0.4, 0.5) is 0 Å². The van der Waals surface area contributed by atoms with Crippen LogP contribution in [0, 0.1) is 0 Å². The molecule has 2 heterocycles. The fraction of sp³-hybridized carbons (Fsp3) is 0.500. The highest BCUT2D eigenvalue weighted by Crippen LogP contribution is 2.17. The van der Waals surface area contributed by atoms with Gasteiger partial charge in [0.05, 0.1) is 11.8 Å². The Hall–Kier alpha value is -0.220. The lowest BCUT2D eigenvalue weighted by atomic mass is 10.5. The third-order valence-corrected chi connectivity index (χ3v) is 3.48. The molecule has 0 saturated heterocycles. The van der Waals surface area contributed by atoms with Crippen LogP contribution in [0.15, 0.2) is 23.2 Å². The van der Waals surface area contributed by atoms with Gasteiger partial charge in [0, 0.05) is 25.5 Å². The lowest BCUT2D eigenvalue weighted by molar-refractivity contribution is 0.356. The molecule has 0 aromatic rings. The molecule has 0 unspecified atom stereocenters. The van der Waals surface area contributed by atoms with Gasteiger partial charge in [-0.3, -0.25) is 0 Å². The molecule has 0 aromatic heterocycles. The minimum atomic E-state index is 1.13. The van der Waals surface area contributed by atoms with Gasteiger partial charge in [-0.05, 0) is 10.8 Å². The van der Waals surface area contributed by atoms with Crippen LogP contribution in [0.1, 0.15) is 0 Å². The Kier molecular flexibility index (Phi) is 2.89. The van der Waals surface area contributed by atoms with E-state index in [1.807, 2.05) is 23.5 Å². The molecule has 66 valence electrons. The first-order chi connectivity index (χ1) is 5.95. The van der Waals surface area contributed by atoms with E-state index in [1.54, 1.807) is 0 Å². The van der Waals surface area contributed by atoms with Crippen molar-refractivity contribution in [1.29, 1.82) is 0 Å². The molecule has 0 saturated carbocycles. The fourth-order valence-electron chi connectivity index (χ4n) is 1.16. The van der Waals surface area contributed by atoms with Crippen molar-refractivity contribution in [2.45, 2.75) is 0 Å². The first-order valence-electron chi connectivity index (χ1n) is 4.00. The van der Waals surface area contributed by atoms with Crippen molar-refractivity contribution in [3.63, 3.8) is 0 Å². The molecular formula is C8H12N2S2. The smallest absolute Gasteiger partial charge is 0.0675 e. The molecule has 0 aromatic carbocycles. The van der Waals surface area contributed by atoms with Crippen molar-refractivity contribution in [2.24, 2.45) is 0 Å². The minimum absolute atomic E-state index is 1.13. The van der Waals surface area contributed by atoms with Crippen LogP contribution in [0.2, 0.25) is 0 Å². The standard InChI is InChI=1S/C8H12N2S2/c1(9-3-5-11-7-9)2-10-4-6-12-8-10/h3-6H,1-2,7-8H2. The summed E-state index contributed by atoms with van der Waals surface area (Å²) in [5, 5.41) is 4.32. The van der Waals surface area contributed by atoms with Gasteiger partial charge in [-0.15, -0.1) is 23.5 Å². The van der Waals surface area contributed by atoms with Gasteiger partial charge in [0.15, 0.2) is 0 Å². The van der Waals surface area contributed by atoms with Gasteiger partial charge in [-0.1, -0.05) is 0 Å². The Labute approximate surface area is 81.7 Å². The van der Waals surface area contributed by atoms with E-state index in [9.17, 15) is 0 Å². The molecule has 0 spiro atoms. The topological polar surface area (TPSA) is 6.48 Å². The number of hydrogen-bond donors (Lipinski definition) is 0. The maximum absolute atomic E-state index is 2.35. The Morgan fingerprint density at radius 1 is 0.917 bits per heavy atom. The molecule has 0 fully saturated rings. The summed E-state index contributed by atoms with van der Waals surface area (Å²) in [6, 6.07) is 0. The van der Waals surface area contributed by atoms with Crippen LogP contribution >= 0.6 is 23.5 Å². The molecule has 12 heavy (non-hydrogen) atoms. The molecule has 0 radical (unpaired) electrons. The zero-order valence-electron chi connectivity index (χ0n) is 6.85. The molecule has 2 rings (SSSR count). The van der Waals surface area contributed by atoms with Crippen LogP contribution in [0.3, 0.4) is 0 Å². The third-order valence-electron chi connectivity index (χ3n) is 1.89. The quantitative estimate of drug-likeness (QED) is 0.686. The highest BCUT2D eigenvalue weighted by atomic mass is 32.2. The summed E-state index contributed by atoms with van der Waals surface area (Å²) in [6.07, 6.45) is 4.36. The summed E-state index contributed by atoms with van der Waals surface area (Å²) in [4.78, 5) is 4.70. The van der Waals surface area contributed by atoms with Gasteiger partial charge >= 0.3 is 0 Å². The van der Waals surface area contributed by atoms with Crippen molar-refractivity contribution in [2.75, 3.05) is 24.8 Å². The summed E-state index contributed by atoms with van der Waals surface area (Å²) in [6.45, 7) is 2.29. The zero-order valence-corrected chi connectivity index (χ0v) is 8.48. The Morgan fingerprint density at radius 2 is 1.42 bits per heavy atom. The van der Waals surface area contributed by atoms with Crippen molar-refractivity contribution in [1.82, 2.24) is 9.80 Å². The summed E-state index contributed by atoms with van der Waals surface area (Å²) in [7, 11) is 0. The molecule has 2 aliphatic heterocycles. The molecule has 0 atom stereocenters.